The SMILES string of the molecule is CCCCNc1c(-c2ccccc2Cl)nc2ccccn12. The van der Waals surface area contributed by atoms with E-state index in [1.807, 2.05) is 48.7 Å². The van der Waals surface area contributed by atoms with Crippen molar-refractivity contribution >= 4 is 23.1 Å². The molecule has 0 spiro atoms. The molecule has 0 unspecified atom stereocenters. The molecule has 108 valence electrons. The molecule has 3 aromatic rings. The molecule has 3 nitrogen and oxygen atoms in total. The average Bonchev–Trinajstić information content (AvgIpc) is 2.87. The molecule has 1 aromatic carbocycles. The van der Waals surface area contributed by atoms with Gasteiger partial charge in [-0.3, -0.25) is 4.40 Å². The van der Waals surface area contributed by atoms with E-state index < -0.39 is 0 Å². The molecular weight excluding hydrogens is 282 g/mol. The van der Waals surface area contributed by atoms with Crippen LogP contribution in [-0.4, -0.2) is 15.9 Å². The smallest absolute Gasteiger partial charge is 0.139 e. The van der Waals surface area contributed by atoms with Crippen LogP contribution in [0.2, 0.25) is 5.02 Å². The van der Waals surface area contributed by atoms with Crippen LogP contribution in [-0.2, 0) is 0 Å². The molecule has 2 aromatic heterocycles. The normalized spacial score (nSPS) is 11.0. The Morgan fingerprint density at radius 3 is 2.76 bits per heavy atom. The summed E-state index contributed by atoms with van der Waals surface area (Å²) in [6, 6.07) is 13.8. The summed E-state index contributed by atoms with van der Waals surface area (Å²) in [6.07, 6.45) is 4.31. The van der Waals surface area contributed by atoms with Gasteiger partial charge in [0.25, 0.3) is 0 Å². The number of aromatic nitrogens is 2. The van der Waals surface area contributed by atoms with Crippen LogP contribution < -0.4 is 5.32 Å². The minimum absolute atomic E-state index is 0.722. The van der Waals surface area contributed by atoms with Crippen LogP contribution in [0.1, 0.15) is 19.8 Å². The zero-order valence-corrected chi connectivity index (χ0v) is 12.8. The lowest BCUT2D eigenvalue weighted by atomic mass is 10.1. The van der Waals surface area contributed by atoms with Gasteiger partial charge in [0.05, 0.1) is 5.02 Å². The molecule has 0 aliphatic heterocycles. The van der Waals surface area contributed by atoms with E-state index in [1.165, 1.54) is 0 Å². The van der Waals surface area contributed by atoms with Crippen molar-refractivity contribution < 1.29 is 0 Å². The lowest BCUT2D eigenvalue weighted by molar-refractivity contribution is 0.830. The molecule has 4 heteroatoms. The summed E-state index contributed by atoms with van der Waals surface area (Å²) in [7, 11) is 0. The van der Waals surface area contributed by atoms with Gasteiger partial charge in [-0.05, 0) is 24.6 Å². The summed E-state index contributed by atoms with van der Waals surface area (Å²) in [6.45, 7) is 3.11. The number of unbranched alkanes of at least 4 members (excludes halogenated alkanes) is 1. The van der Waals surface area contributed by atoms with Crippen molar-refractivity contribution in [2.75, 3.05) is 11.9 Å². The summed E-state index contributed by atoms with van der Waals surface area (Å²) in [5, 5.41) is 4.23. The third-order valence-electron chi connectivity index (χ3n) is 3.48. The van der Waals surface area contributed by atoms with E-state index >= 15 is 0 Å². The highest BCUT2D eigenvalue weighted by molar-refractivity contribution is 6.33. The van der Waals surface area contributed by atoms with Crippen molar-refractivity contribution in [2.24, 2.45) is 0 Å². The Morgan fingerprint density at radius 1 is 1.14 bits per heavy atom. The Bertz CT molecular complexity index is 749. The molecule has 0 fully saturated rings. The molecule has 2 heterocycles. The highest BCUT2D eigenvalue weighted by atomic mass is 35.5. The summed E-state index contributed by atoms with van der Waals surface area (Å²) >= 11 is 6.34. The lowest BCUT2D eigenvalue weighted by Gasteiger charge is -2.09. The number of benzene rings is 1. The molecule has 0 radical (unpaired) electrons. The van der Waals surface area contributed by atoms with Crippen LogP contribution in [0.25, 0.3) is 16.9 Å². The molecule has 0 amide bonds. The van der Waals surface area contributed by atoms with Crippen molar-refractivity contribution in [3.8, 4) is 11.3 Å². The number of nitrogens with one attached hydrogen (secondary N) is 1. The second-order valence-electron chi connectivity index (χ2n) is 5.00. The van der Waals surface area contributed by atoms with Crippen LogP contribution >= 0.6 is 11.6 Å². The van der Waals surface area contributed by atoms with Gasteiger partial charge in [-0.2, -0.15) is 0 Å². The molecule has 0 aliphatic rings. The van der Waals surface area contributed by atoms with Gasteiger partial charge in [-0.15, -0.1) is 0 Å². The fourth-order valence-corrected chi connectivity index (χ4v) is 2.61. The highest BCUT2D eigenvalue weighted by Gasteiger charge is 2.15. The van der Waals surface area contributed by atoms with Gasteiger partial charge >= 0.3 is 0 Å². The standard InChI is InChI=1S/C17H18ClN3/c1-2-3-11-19-17-16(13-8-4-5-9-14(13)18)20-15-10-6-7-12-21(15)17/h4-10,12,19H,2-3,11H2,1H3. The number of imidazole rings is 1. The summed E-state index contributed by atoms with van der Waals surface area (Å²) in [5.41, 5.74) is 2.79. The maximum atomic E-state index is 6.34. The lowest BCUT2D eigenvalue weighted by Crippen LogP contribution is -2.04. The maximum Gasteiger partial charge on any atom is 0.139 e. The fraction of sp³-hybridized carbons (Fsp3) is 0.235. The Kier molecular flexibility index (Phi) is 4.11. The van der Waals surface area contributed by atoms with Gasteiger partial charge in [0.1, 0.15) is 17.2 Å². The second kappa shape index (κ2) is 6.19. The first-order valence-electron chi connectivity index (χ1n) is 7.27. The third-order valence-corrected chi connectivity index (χ3v) is 3.81. The maximum absolute atomic E-state index is 6.34. The minimum atomic E-state index is 0.722. The van der Waals surface area contributed by atoms with E-state index in [9.17, 15) is 0 Å². The number of hydrogen-bond acceptors (Lipinski definition) is 2. The summed E-state index contributed by atoms with van der Waals surface area (Å²) in [5.74, 6) is 1.01. The number of anilines is 1. The third kappa shape index (κ3) is 2.74. The summed E-state index contributed by atoms with van der Waals surface area (Å²) in [4.78, 5) is 4.74. The van der Waals surface area contributed by atoms with E-state index in [0.29, 0.717) is 0 Å². The number of hydrogen-bond donors (Lipinski definition) is 1. The zero-order chi connectivity index (χ0) is 14.7. The minimum Gasteiger partial charge on any atom is -0.369 e. The number of halogens is 1. The Balaban J connectivity index is 2.12. The predicted octanol–water partition coefficient (Wildman–Crippen LogP) is 4.87. The van der Waals surface area contributed by atoms with Gasteiger partial charge in [0.2, 0.25) is 0 Å². The predicted molar refractivity (Wildman–Crippen MR) is 89.0 cm³/mol. The van der Waals surface area contributed by atoms with Gasteiger partial charge in [0.15, 0.2) is 0 Å². The van der Waals surface area contributed by atoms with Gasteiger partial charge in [-0.25, -0.2) is 4.98 Å². The monoisotopic (exact) mass is 299 g/mol. The van der Waals surface area contributed by atoms with Crippen LogP contribution in [0.5, 0.6) is 0 Å². The second-order valence-corrected chi connectivity index (χ2v) is 5.41. The van der Waals surface area contributed by atoms with Crippen LogP contribution in [0, 0.1) is 0 Å². The van der Waals surface area contributed by atoms with Crippen molar-refractivity contribution in [2.45, 2.75) is 19.8 Å². The molecule has 3 rings (SSSR count). The molecule has 0 saturated heterocycles. The quantitative estimate of drug-likeness (QED) is 0.681. The van der Waals surface area contributed by atoms with Gasteiger partial charge in [-0.1, -0.05) is 49.2 Å². The van der Waals surface area contributed by atoms with Crippen molar-refractivity contribution in [1.82, 2.24) is 9.38 Å². The van der Waals surface area contributed by atoms with E-state index in [1.54, 1.807) is 0 Å². The van der Waals surface area contributed by atoms with Crippen molar-refractivity contribution in [3.05, 3.63) is 53.7 Å². The zero-order valence-electron chi connectivity index (χ0n) is 12.0. The Hall–Kier alpha value is -2.00. The Morgan fingerprint density at radius 2 is 1.95 bits per heavy atom. The largest absolute Gasteiger partial charge is 0.369 e. The number of nitrogens with zero attached hydrogens (tertiary/aromatic N) is 2. The first-order valence-corrected chi connectivity index (χ1v) is 7.65. The van der Waals surface area contributed by atoms with E-state index in [2.05, 4.69) is 16.6 Å². The van der Waals surface area contributed by atoms with E-state index in [0.717, 1.165) is 47.1 Å². The topological polar surface area (TPSA) is 29.3 Å². The van der Waals surface area contributed by atoms with Crippen LogP contribution in [0.3, 0.4) is 0 Å². The van der Waals surface area contributed by atoms with Crippen LogP contribution in [0.15, 0.2) is 48.7 Å². The average molecular weight is 300 g/mol. The van der Waals surface area contributed by atoms with E-state index in [-0.39, 0.29) is 0 Å². The first-order chi connectivity index (χ1) is 10.3. The number of pyridine rings is 1. The van der Waals surface area contributed by atoms with Crippen molar-refractivity contribution in [1.29, 1.82) is 0 Å². The summed E-state index contributed by atoms with van der Waals surface area (Å²) < 4.78 is 2.08. The van der Waals surface area contributed by atoms with Crippen molar-refractivity contribution in [3.63, 3.8) is 0 Å². The number of fused-ring (bicyclic) bond motifs is 1. The fourth-order valence-electron chi connectivity index (χ4n) is 2.39. The van der Waals surface area contributed by atoms with E-state index in [4.69, 9.17) is 16.6 Å². The molecular formula is C17H18ClN3. The Labute approximate surface area is 129 Å². The highest BCUT2D eigenvalue weighted by Crippen LogP contribution is 2.33. The molecule has 0 aliphatic carbocycles. The van der Waals surface area contributed by atoms with Crippen LogP contribution in [0.4, 0.5) is 5.82 Å². The van der Waals surface area contributed by atoms with Gasteiger partial charge in [0, 0.05) is 18.3 Å². The molecule has 0 saturated carbocycles. The molecule has 1 N–H and O–H groups in total. The molecule has 0 bridgehead atoms. The first kappa shape index (κ1) is 14.0. The number of rotatable bonds is 5. The molecule has 21 heavy (non-hydrogen) atoms. The molecule has 0 atom stereocenters. The van der Waals surface area contributed by atoms with Gasteiger partial charge < -0.3 is 5.32 Å².